The average Bonchev–Trinajstić information content (AvgIpc) is 2.67. The van der Waals surface area contributed by atoms with Crippen LogP contribution >= 0.6 is 0 Å². The first kappa shape index (κ1) is 17.6. The number of aliphatic hydroxyl groups excluding tert-OH is 1. The predicted molar refractivity (Wildman–Crippen MR) is 97.0 cm³/mol. The molecule has 4 nitrogen and oxygen atoms in total. The first-order chi connectivity index (χ1) is 12.2. The van der Waals surface area contributed by atoms with Crippen LogP contribution in [0.3, 0.4) is 0 Å². The predicted octanol–water partition coefficient (Wildman–Crippen LogP) is 3.07. The molecule has 4 heteroatoms. The van der Waals surface area contributed by atoms with Crippen molar-refractivity contribution in [3.63, 3.8) is 0 Å². The van der Waals surface area contributed by atoms with Crippen molar-refractivity contribution in [2.45, 2.75) is 31.5 Å². The fourth-order valence-corrected chi connectivity index (χ4v) is 3.31. The van der Waals surface area contributed by atoms with E-state index in [0.29, 0.717) is 19.4 Å². The summed E-state index contributed by atoms with van der Waals surface area (Å²) in [6.07, 6.45) is 1.12. The Balaban J connectivity index is 1.65. The first-order valence-electron chi connectivity index (χ1n) is 8.92. The zero-order valence-electron chi connectivity index (χ0n) is 14.3. The van der Waals surface area contributed by atoms with Crippen LogP contribution < -0.4 is 5.32 Å². The molecule has 1 aliphatic rings. The number of ether oxygens (including phenoxy) is 1. The summed E-state index contributed by atoms with van der Waals surface area (Å²) in [6, 6.07) is 19.6. The second-order valence-electron chi connectivity index (χ2n) is 6.55. The molecule has 0 radical (unpaired) electrons. The summed E-state index contributed by atoms with van der Waals surface area (Å²) < 4.78 is 5.81. The van der Waals surface area contributed by atoms with Crippen molar-refractivity contribution >= 4 is 5.97 Å². The molecule has 2 atom stereocenters. The minimum absolute atomic E-state index is 0.167. The lowest BCUT2D eigenvalue weighted by Crippen LogP contribution is -2.40. The lowest BCUT2D eigenvalue weighted by atomic mass is 9.90. The molecule has 1 heterocycles. The van der Waals surface area contributed by atoms with Crippen LogP contribution in [0.4, 0.5) is 0 Å². The number of benzene rings is 2. The van der Waals surface area contributed by atoms with Crippen LogP contribution in [0.5, 0.6) is 0 Å². The maximum Gasteiger partial charge on any atom is 0.306 e. The third-order valence-electron chi connectivity index (χ3n) is 4.76. The van der Waals surface area contributed by atoms with Crippen LogP contribution in [-0.2, 0) is 9.53 Å². The van der Waals surface area contributed by atoms with Gasteiger partial charge in [0.25, 0.3) is 0 Å². The van der Waals surface area contributed by atoms with Crippen molar-refractivity contribution in [1.82, 2.24) is 5.32 Å². The van der Waals surface area contributed by atoms with Gasteiger partial charge in [-0.15, -0.1) is 0 Å². The Morgan fingerprint density at radius 2 is 1.68 bits per heavy atom. The second kappa shape index (κ2) is 8.79. The van der Waals surface area contributed by atoms with Gasteiger partial charge in [-0.1, -0.05) is 60.7 Å². The van der Waals surface area contributed by atoms with Gasteiger partial charge in [-0.25, -0.2) is 0 Å². The number of β-amino-alcohol motifs (C(OH)–C–C–N with tert-alkyl or cyclic N) is 1. The Bertz CT molecular complexity index is 620. The van der Waals surface area contributed by atoms with Crippen LogP contribution in [-0.4, -0.2) is 30.3 Å². The van der Waals surface area contributed by atoms with E-state index in [1.165, 1.54) is 0 Å². The van der Waals surface area contributed by atoms with Gasteiger partial charge in [-0.05, 0) is 36.4 Å². The third-order valence-corrected chi connectivity index (χ3v) is 4.76. The summed E-state index contributed by atoms with van der Waals surface area (Å²) >= 11 is 0. The van der Waals surface area contributed by atoms with Crippen LogP contribution in [0.15, 0.2) is 60.7 Å². The van der Waals surface area contributed by atoms with E-state index in [9.17, 15) is 9.90 Å². The normalized spacial score (nSPS) is 20.4. The molecule has 3 rings (SSSR count). The van der Waals surface area contributed by atoms with Crippen molar-refractivity contribution < 1.29 is 14.6 Å². The highest BCUT2D eigenvalue weighted by molar-refractivity contribution is 5.70. The number of carbonyl (C=O) groups is 1. The van der Waals surface area contributed by atoms with Crippen LogP contribution in [0, 0.1) is 5.92 Å². The van der Waals surface area contributed by atoms with Crippen molar-refractivity contribution in [3.8, 4) is 0 Å². The minimum atomic E-state index is -0.396. The summed E-state index contributed by atoms with van der Waals surface area (Å²) in [6.45, 7) is 1.50. The lowest BCUT2D eigenvalue weighted by molar-refractivity contribution is -0.148. The largest absolute Gasteiger partial charge is 0.453 e. The van der Waals surface area contributed by atoms with Gasteiger partial charge in [0.1, 0.15) is 0 Å². The molecule has 2 aromatic carbocycles. The summed E-state index contributed by atoms with van der Waals surface area (Å²) in [7, 11) is 0. The third kappa shape index (κ3) is 4.91. The number of nitrogens with one attached hydrogen (secondary N) is 1. The molecule has 2 N–H and O–H groups in total. The minimum Gasteiger partial charge on any atom is -0.453 e. The summed E-state index contributed by atoms with van der Waals surface area (Å²) in [4.78, 5) is 12.4. The second-order valence-corrected chi connectivity index (χ2v) is 6.55. The molecule has 0 aromatic heterocycles. The zero-order chi connectivity index (χ0) is 17.5. The van der Waals surface area contributed by atoms with Crippen molar-refractivity contribution in [3.05, 3.63) is 71.8 Å². The molecule has 25 heavy (non-hydrogen) atoms. The first-order valence-corrected chi connectivity index (χ1v) is 8.92. The molecule has 0 spiro atoms. The molecule has 1 aliphatic heterocycles. The van der Waals surface area contributed by atoms with E-state index < -0.39 is 6.10 Å². The fraction of sp³-hybridized carbons (Fsp3) is 0.381. The van der Waals surface area contributed by atoms with Crippen LogP contribution in [0.2, 0.25) is 0 Å². The van der Waals surface area contributed by atoms with E-state index in [1.807, 2.05) is 60.7 Å². The van der Waals surface area contributed by atoms with Gasteiger partial charge in [-0.3, -0.25) is 4.79 Å². The molecular formula is C21H25NO3. The van der Waals surface area contributed by atoms with Gasteiger partial charge in [0.2, 0.25) is 0 Å². The molecule has 1 saturated heterocycles. The Labute approximate surface area is 148 Å². The quantitative estimate of drug-likeness (QED) is 0.794. The van der Waals surface area contributed by atoms with Gasteiger partial charge in [-0.2, -0.15) is 0 Å². The van der Waals surface area contributed by atoms with Crippen molar-refractivity contribution in [1.29, 1.82) is 0 Å². The zero-order valence-corrected chi connectivity index (χ0v) is 14.3. The van der Waals surface area contributed by atoms with Gasteiger partial charge >= 0.3 is 5.97 Å². The van der Waals surface area contributed by atoms with Crippen molar-refractivity contribution in [2.24, 2.45) is 5.92 Å². The van der Waals surface area contributed by atoms with Crippen molar-refractivity contribution in [2.75, 3.05) is 13.1 Å². The van der Waals surface area contributed by atoms with E-state index in [1.54, 1.807) is 0 Å². The highest BCUT2D eigenvalue weighted by Crippen LogP contribution is 2.27. The molecule has 0 saturated carbocycles. The van der Waals surface area contributed by atoms with Crippen LogP contribution in [0.25, 0.3) is 0 Å². The van der Waals surface area contributed by atoms with E-state index >= 15 is 0 Å². The molecule has 1 fully saturated rings. The molecule has 0 amide bonds. The number of piperidine rings is 1. The Morgan fingerprint density at radius 3 is 2.24 bits per heavy atom. The van der Waals surface area contributed by atoms with E-state index in [2.05, 4.69) is 5.32 Å². The summed E-state index contributed by atoms with van der Waals surface area (Å²) in [5.41, 5.74) is 1.92. The van der Waals surface area contributed by atoms with Gasteiger partial charge in [0.15, 0.2) is 6.10 Å². The van der Waals surface area contributed by atoms with E-state index in [4.69, 9.17) is 4.74 Å². The molecule has 0 bridgehead atoms. The fourth-order valence-electron chi connectivity index (χ4n) is 3.31. The number of hydrogen-bond acceptors (Lipinski definition) is 4. The van der Waals surface area contributed by atoms with E-state index in [0.717, 1.165) is 24.1 Å². The Morgan fingerprint density at radius 1 is 1.08 bits per heavy atom. The number of hydrogen-bond donors (Lipinski definition) is 2. The van der Waals surface area contributed by atoms with Gasteiger partial charge < -0.3 is 15.2 Å². The van der Waals surface area contributed by atoms with Crippen LogP contribution in [0.1, 0.15) is 36.5 Å². The number of esters is 1. The highest BCUT2D eigenvalue weighted by atomic mass is 16.5. The number of aliphatic hydroxyl groups is 1. The number of rotatable bonds is 6. The summed E-state index contributed by atoms with van der Waals surface area (Å²) in [5.74, 6) is -0.0517. The standard InChI is InChI=1S/C21H25NO3/c23-19-15-22-14-13-16(19)11-12-20(24)25-21(17-7-3-1-4-8-17)18-9-5-2-6-10-18/h1-10,16,19,21-23H,11-15H2/t16-,19+/m0/s1. The van der Waals surface area contributed by atoms with Gasteiger partial charge in [0, 0.05) is 13.0 Å². The average molecular weight is 339 g/mol. The number of carbonyl (C=O) groups excluding carboxylic acids is 1. The maximum absolute atomic E-state index is 12.4. The molecule has 2 aromatic rings. The Kier molecular flexibility index (Phi) is 6.20. The van der Waals surface area contributed by atoms with E-state index in [-0.39, 0.29) is 18.0 Å². The lowest BCUT2D eigenvalue weighted by Gasteiger charge is -2.28. The topological polar surface area (TPSA) is 58.6 Å². The Hall–Kier alpha value is -2.17. The molecule has 132 valence electrons. The smallest absolute Gasteiger partial charge is 0.306 e. The monoisotopic (exact) mass is 339 g/mol. The SMILES string of the molecule is O=C(CC[C@H]1CCNC[C@H]1O)OC(c1ccccc1)c1ccccc1. The summed E-state index contributed by atoms with van der Waals surface area (Å²) in [5, 5.41) is 13.2. The highest BCUT2D eigenvalue weighted by Gasteiger charge is 2.25. The maximum atomic E-state index is 12.4. The van der Waals surface area contributed by atoms with Gasteiger partial charge in [0.05, 0.1) is 6.10 Å². The molecular weight excluding hydrogens is 314 g/mol. The molecule has 0 unspecified atom stereocenters. The molecule has 0 aliphatic carbocycles.